The van der Waals surface area contributed by atoms with E-state index in [0.717, 1.165) is 51.4 Å². The van der Waals surface area contributed by atoms with Gasteiger partial charge in [0.2, 0.25) is 11.7 Å². The van der Waals surface area contributed by atoms with Crippen molar-refractivity contribution in [2.75, 3.05) is 12.3 Å². The molecule has 2 unspecified atom stereocenters. The molecule has 3 saturated carbocycles. The Morgan fingerprint density at radius 3 is 2.04 bits per heavy atom. The highest BCUT2D eigenvalue weighted by Crippen LogP contribution is 2.42. The van der Waals surface area contributed by atoms with Crippen LogP contribution in [-0.2, 0) is 29.0 Å². The largest absolute Gasteiger partial charge is 0.445 e. The average molecular weight is 727 g/mol. The number of nitrogens with zero attached hydrogens (tertiary/aromatic N) is 1. The third-order valence-corrected chi connectivity index (χ3v) is 14.1. The summed E-state index contributed by atoms with van der Waals surface area (Å²) in [4.78, 5) is 65.5. The molecule has 0 spiro atoms. The Morgan fingerprint density at radius 1 is 0.940 bits per heavy atom. The summed E-state index contributed by atoms with van der Waals surface area (Å²) in [7, 11) is -3.60. The van der Waals surface area contributed by atoms with Gasteiger partial charge >= 0.3 is 12.1 Å². The molecule has 8 N–H and O–H groups in total. The molecule has 1 saturated heterocycles. The van der Waals surface area contributed by atoms with Crippen molar-refractivity contribution in [3.8, 4) is 0 Å². The topological polar surface area (TPSA) is 240 Å². The summed E-state index contributed by atoms with van der Waals surface area (Å²) in [6.07, 6.45) is 5.97. The highest BCUT2D eigenvalue weighted by atomic mass is 32.2. The van der Waals surface area contributed by atoms with Gasteiger partial charge in [-0.25, -0.2) is 18.0 Å². The second kappa shape index (κ2) is 15.7. The summed E-state index contributed by atoms with van der Waals surface area (Å²) in [5.41, 5.74) is 9.00. The zero-order valence-electron chi connectivity index (χ0n) is 30.0. The number of hydrogen-bond donors (Lipinski definition) is 6. The summed E-state index contributed by atoms with van der Waals surface area (Å²) in [6.45, 7) is 6.81. The maximum absolute atomic E-state index is 14.0. The van der Waals surface area contributed by atoms with Crippen LogP contribution in [0, 0.1) is 11.3 Å². The van der Waals surface area contributed by atoms with E-state index in [0.29, 0.717) is 25.7 Å². The molecule has 1 heterocycles. The number of nitrogens with one attached hydrogen (secondary N) is 3. The number of sulfone groups is 1. The minimum atomic E-state index is -3.60. The Hall–Kier alpha value is -2.98. The smallest absolute Gasteiger partial charge is 0.404 e. The second-order valence-electron chi connectivity index (χ2n) is 16.4. The first kappa shape index (κ1) is 39.8. The van der Waals surface area contributed by atoms with Crippen LogP contribution >= 0.6 is 0 Å². The number of carbonyl (C=O) groups excluding carboxylic acids is 5. The van der Waals surface area contributed by atoms with Crippen molar-refractivity contribution >= 4 is 39.6 Å². The fourth-order valence-electron chi connectivity index (χ4n) is 7.98. The number of carbonyl (C=O) groups is 5. The normalized spacial score (nSPS) is 25.8. The van der Waals surface area contributed by atoms with Crippen molar-refractivity contribution in [2.45, 2.75) is 158 Å². The van der Waals surface area contributed by atoms with Gasteiger partial charge in [-0.3, -0.25) is 19.3 Å². The van der Waals surface area contributed by atoms with Gasteiger partial charge in [-0.1, -0.05) is 58.3 Å². The molecule has 3 aliphatic carbocycles. The van der Waals surface area contributed by atoms with Gasteiger partial charge in [-0.05, 0) is 64.2 Å². The second-order valence-corrected chi connectivity index (χ2v) is 19.1. The lowest BCUT2D eigenvalue weighted by Crippen LogP contribution is -2.65. The van der Waals surface area contributed by atoms with Crippen molar-refractivity contribution in [3.63, 3.8) is 0 Å². The van der Waals surface area contributed by atoms with E-state index < -0.39 is 85.7 Å². The standard InChI is InChI=1S/C34H58N6O9S/c1-32(2,3)50(47,48)20-34(15-9-6-10-16-34)39-31(46)38-26(33(4)13-7-5-8-14-33)29(44)40-19-22(49-30(36)45)18-24(40)28(43)37-23(17-21-11-12-21)25(41)27(35)42/h21-24,26,29,44H,5-20H2,1-4H3,(H2,35,42)(H2,36,45)(H,37,43)(H2,38,39,46)/t22-,23?,24+,26-,29?/m1/s1. The van der Waals surface area contributed by atoms with E-state index in [1.54, 1.807) is 20.8 Å². The summed E-state index contributed by atoms with van der Waals surface area (Å²) >= 11 is 0. The van der Waals surface area contributed by atoms with Crippen molar-refractivity contribution in [1.82, 2.24) is 20.9 Å². The number of urea groups is 1. The monoisotopic (exact) mass is 726 g/mol. The number of nitrogens with two attached hydrogens (primary N) is 2. The molecule has 4 aliphatic rings. The number of hydrogen-bond acceptors (Lipinski definition) is 10. The Bertz CT molecular complexity index is 1380. The van der Waals surface area contributed by atoms with E-state index in [1.807, 2.05) is 6.92 Å². The zero-order valence-corrected chi connectivity index (χ0v) is 30.8. The third kappa shape index (κ3) is 9.87. The van der Waals surface area contributed by atoms with Gasteiger partial charge in [-0.2, -0.15) is 0 Å². The molecule has 284 valence electrons. The minimum absolute atomic E-state index is 0.0594. The number of aliphatic hydroxyl groups is 1. The van der Waals surface area contributed by atoms with Gasteiger partial charge in [-0.15, -0.1) is 0 Å². The number of Topliss-reactive ketones (excluding diaryl/α,β-unsaturated/α-hetero) is 1. The average Bonchev–Trinajstić information content (AvgIpc) is 3.74. The Kier molecular flexibility index (Phi) is 12.5. The number of likely N-dealkylation sites (tertiary alicyclic amines) is 1. The maximum Gasteiger partial charge on any atom is 0.404 e. The fraction of sp³-hybridized carbons (Fsp3) is 0.853. The van der Waals surface area contributed by atoms with Gasteiger partial charge in [0, 0.05) is 13.0 Å². The van der Waals surface area contributed by atoms with E-state index in [4.69, 9.17) is 16.2 Å². The van der Waals surface area contributed by atoms with E-state index in [2.05, 4.69) is 16.0 Å². The van der Waals surface area contributed by atoms with Crippen molar-refractivity contribution in [3.05, 3.63) is 0 Å². The Balaban J connectivity index is 1.62. The van der Waals surface area contributed by atoms with Gasteiger partial charge < -0.3 is 37.3 Å². The lowest BCUT2D eigenvalue weighted by Gasteiger charge is -2.47. The SMILES string of the molecule is CC1([C@H](NC(=O)NC2(CS(=O)(=O)C(C)(C)C)CCCCC2)C(O)N2C[C@H](OC(N)=O)C[C@H]2C(=O)NC(CC2CC2)C(=O)C(N)=O)CCCCC1. The highest BCUT2D eigenvalue weighted by Gasteiger charge is 2.50. The summed E-state index contributed by atoms with van der Waals surface area (Å²) in [6, 6.07) is -3.81. The molecule has 4 rings (SSSR count). The van der Waals surface area contributed by atoms with Crippen LogP contribution in [0.3, 0.4) is 0 Å². The Labute approximate surface area is 295 Å². The third-order valence-electron chi connectivity index (χ3n) is 11.3. The van der Waals surface area contributed by atoms with Crippen molar-refractivity contribution < 1.29 is 42.2 Å². The van der Waals surface area contributed by atoms with Gasteiger partial charge in [0.15, 0.2) is 9.84 Å². The molecule has 5 amide bonds. The van der Waals surface area contributed by atoms with Crippen LogP contribution < -0.4 is 27.4 Å². The molecule has 0 aromatic heterocycles. The first-order valence-corrected chi connectivity index (χ1v) is 19.8. The van der Waals surface area contributed by atoms with Gasteiger partial charge in [0.1, 0.15) is 12.3 Å². The van der Waals surface area contributed by atoms with Gasteiger partial charge in [0.05, 0.1) is 34.2 Å². The molecule has 50 heavy (non-hydrogen) atoms. The molecule has 4 fully saturated rings. The highest BCUT2D eigenvalue weighted by molar-refractivity contribution is 7.92. The molecule has 5 atom stereocenters. The summed E-state index contributed by atoms with van der Waals surface area (Å²) in [5, 5.41) is 20.9. The van der Waals surface area contributed by atoms with E-state index in [1.165, 1.54) is 4.90 Å². The fourth-order valence-corrected chi connectivity index (χ4v) is 9.50. The lowest BCUT2D eigenvalue weighted by atomic mass is 9.69. The Morgan fingerprint density at radius 2 is 1.52 bits per heavy atom. The predicted octanol–water partition coefficient (Wildman–Crippen LogP) is 1.74. The number of rotatable bonds is 14. The number of aliphatic hydroxyl groups excluding tert-OH is 1. The van der Waals surface area contributed by atoms with E-state index >= 15 is 0 Å². The van der Waals surface area contributed by atoms with Crippen LogP contribution in [0.4, 0.5) is 9.59 Å². The van der Waals surface area contributed by atoms with Crippen molar-refractivity contribution in [2.24, 2.45) is 22.8 Å². The van der Waals surface area contributed by atoms with Gasteiger partial charge in [0.25, 0.3) is 5.91 Å². The van der Waals surface area contributed by atoms with Crippen molar-refractivity contribution in [1.29, 1.82) is 0 Å². The first-order chi connectivity index (χ1) is 23.3. The molecular formula is C34H58N6O9S. The van der Waals surface area contributed by atoms with Crippen LogP contribution in [0.25, 0.3) is 0 Å². The van der Waals surface area contributed by atoms with Crippen LogP contribution in [0.1, 0.15) is 118 Å². The summed E-state index contributed by atoms with van der Waals surface area (Å²) in [5.74, 6) is -2.79. The first-order valence-electron chi connectivity index (χ1n) is 18.1. The molecule has 16 heteroatoms. The predicted molar refractivity (Wildman–Crippen MR) is 185 cm³/mol. The van der Waals surface area contributed by atoms with E-state index in [-0.39, 0.29) is 31.1 Å². The van der Waals surface area contributed by atoms with Crippen LogP contribution in [0.15, 0.2) is 0 Å². The number of ketones is 1. The maximum atomic E-state index is 14.0. The van der Waals surface area contributed by atoms with Crippen LogP contribution in [0.5, 0.6) is 0 Å². The molecule has 0 aromatic carbocycles. The molecular weight excluding hydrogens is 668 g/mol. The molecule has 0 bridgehead atoms. The zero-order chi connectivity index (χ0) is 37.1. The number of amides is 5. The molecule has 1 aliphatic heterocycles. The van der Waals surface area contributed by atoms with E-state index in [9.17, 15) is 37.5 Å². The minimum Gasteiger partial charge on any atom is -0.445 e. The molecule has 15 nitrogen and oxygen atoms in total. The van der Waals surface area contributed by atoms with Crippen LogP contribution in [0.2, 0.25) is 0 Å². The van der Waals surface area contributed by atoms with Crippen LogP contribution in [-0.4, -0.2) is 101 Å². The summed E-state index contributed by atoms with van der Waals surface area (Å²) < 4.78 is 31.0. The number of ether oxygens (including phenoxy) is 1. The lowest BCUT2D eigenvalue weighted by molar-refractivity contribution is -0.140. The molecule has 0 radical (unpaired) electrons. The molecule has 0 aromatic rings. The quantitative estimate of drug-likeness (QED) is 0.142. The number of primary amides is 2.